The van der Waals surface area contributed by atoms with Gasteiger partial charge in [0.15, 0.2) is 11.6 Å². The molecule has 0 saturated carbocycles. The Morgan fingerprint density at radius 2 is 2.05 bits per heavy atom. The number of halogens is 1. The lowest BCUT2D eigenvalue weighted by Crippen LogP contribution is -2.07. The van der Waals surface area contributed by atoms with Crippen molar-refractivity contribution in [1.29, 1.82) is 0 Å². The molecular formula is C13H11FN6. The van der Waals surface area contributed by atoms with Gasteiger partial charge >= 0.3 is 0 Å². The van der Waals surface area contributed by atoms with Crippen molar-refractivity contribution >= 4 is 17.2 Å². The van der Waals surface area contributed by atoms with Gasteiger partial charge in [0, 0.05) is 12.4 Å². The molecule has 0 aliphatic heterocycles. The molecule has 2 aromatic heterocycles. The number of nitrogens with one attached hydrogen (secondary N) is 1. The number of rotatable bonds is 3. The second-order valence-corrected chi connectivity index (χ2v) is 4.03. The van der Waals surface area contributed by atoms with Crippen LogP contribution in [0, 0.1) is 5.82 Å². The number of aromatic nitrogens is 4. The second-order valence-electron chi connectivity index (χ2n) is 4.03. The van der Waals surface area contributed by atoms with Gasteiger partial charge in [-0.1, -0.05) is 12.1 Å². The summed E-state index contributed by atoms with van der Waals surface area (Å²) in [5.74, 6) is 0.444. The van der Waals surface area contributed by atoms with Crippen molar-refractivity contribution in [2.75, 3.05) is 11.1 Å². The molecular weight excluding hydrogens is 259 g/mol. The highest BCUT2D eigenvalue weighted by Gasteiger charge is 2.11. The summed E-state index contributed by atoms with van der Waals surface area (Å²) in [6.07, 6.45) is 6.26. The number of nitrogens with zero attached hydrogens (tertiary/aromatic N) is 4. The first kappa shape index (κ1) is 12.1. The lowest BCUT2D eigenvalue weighted by atomic mass is 10.3. The molecule has 0 aliphatic carbocycles. The van der Waals surface area contributed by atoms with Crippen LogP contribution in [0.1, 0.15) is 0 Å². The van der Waals surface area contributed by atoms with E-state index >= 15 is 0 Å². The first-order valence-electron chi connectivity index (χ1n) is 5.86. The average molecular weight is 270 g/mol. The van der Waals surface area contributed by atoms with Crippen molar-refractivity contribution in [3.63, 3.8) is 0 Å². The topological polar surface area (TPSA) is 81.6 Å². The van der Waals surface area contributed by atoms with Gasteiger partial charge < -0.3 is 11.1 Å². The summed E-state index contributed by atoms with van der Waals surface area (Å²) in [4.78, 5) is 12.1. The minimum atomic E-state index is -0.380. The van der Waals surface area contributed by atoms with E-state index in [1.54, 1.807) is 41.5 Å². The Bertz CT molecular complexity index is 725. The van der Waals surface area contributed by atoms with Crippen molar-refractivity contribution < 1.29 is 4.39 Å². The van der Waals surface area contributed by atoms with Crippen LogP contribution in [0.15, 0.2) is 49.3 Å². The van der Waals surface area contributed by atoms with Crippen LogP contribution in [0.3, 0.4) is 0 Å². The molecule has 0 saturated heterocycles. The Hall–Kier alpha value is -2.96. The second kappa shape index (κ2) is 4.96. The predicted molar refractivity (Wildman–Crippen MR) is 73.2 cm³/mol. The van der Waals surface area contributed by atoms with E-state index < -0.39 is 0 Å². The summed E-state index contributed by atoms with van der Waals surface area (Å²) in [7, 11) is 0. The molecule has 3 N–H and O–H groups in total. The molecule has 0 fully saturated rings. The highest BCUT2D eigenvalue weighted by molar-refractivity contribution is 5.74. The van der Waals surface area contributed by atoms with E-state index in [9.17, 15) is 4.39 Å². The zero-order valence-corrected chi connectivity index (χ0v) is 10.4. The summed E-state index contributed by atoms with van der Waals surface area (Å²) in [6.45, 7) is 0. The van der Waals surface area contributed by atoms with Crippen LogP contribution in [0.5, 0.6) is 0 Å². The maximum Gasteiger partial charge on any atom is 0.166 e. The van der Waals surface area contributed by atoms with Gasteiger partial charge in [-0.15, -0.1) is 0 Å². The molecule has 1 aromatic carbocycles. The normalized spacial score (nSPS) is 10.4. The highest BCUT2D eigenvalue weighted by Crippen LogP contribution is 2.25. The summed E-state index contributed by atoms with van der Waals surface area (Å²) in [5.41, 5.74) is 6.63. The van der Waals surface area contributed by atoms with Crippen LogP contribution < -0.4 is 11.1 Å². The first-order chi connectivity index (χ1) is 9.75. The molecule has 0 bridgehead atoms. The van der Waals surface area contributed by atoms with E-state index in [-0.39, 0.29) is 5.82 Å². The third-order valence-electron chi connectivity index (χ3n) is 2.74. The van der Waals surface area contributed by atoms with Gasteiger partial charge in [0.05, 0.1) is 5.69 Å². The van der Waals surface area contributed by atoms with Gasteiger partial charge in [0.25, 0.3) is 0 Å². The van der Waals surface area contributed by atoms with Crippen LogP contribution in [0.25, 0.3) is 5.82 Å². The Labute approximate surface area is 114 Å². The van der Waals surface area contributed by atoms with Gasteiger partial charge in [-0.05, 0) is 12.1 Å². The fraction of sp³-hybridized carbons (Fsp3) is 0. The van der Waals surface area contributed by atoms with E-state index in [4.69, 9.17) is 5.73 Å². The Morgan fingerprint density at radius 1 is 1.20 bits per heavy atom. The van der Waals surface area contributed by atoms with E-state index in [1.807, 2.05) is 0 Å². The van der Waals surface area contributed by atoms with E-state index in [2.05, 4.69) is 20.3 Å². The maximum atomic E-state index is 13.6. The summed E-state index contributed by atoms with van der Waals surface area (Å²) in [5, 5.41) is 2.86. The molecule has 100 valence electrons. The number of nitrogen functional groups attached to an aromatic ring is 1. The zero-order valence-electron chi connectivity index (χ0n) is 10.4. The van der Waals surface area contributed by atoms with E-state index in [0.717, 1.165) is 0 Å². The predicted octanol–water partition coefficient (Wildman–Crippen LogP) is 2.13. The first-order valence-corrected chi connectivity index (χ1v) is 5.86. The number of anilines is 3. The molecule has 0 spiro atoms. The van der Waals surface area contributed by atoms with Crippen LogP contribution in [-0.4, -0.2) is 19.5 Å². The fourth-order valence-corrected chi connectivity index (χ4v) is 1.77. The molecule has 0 amide bonds. The fourth-order valence-electron chi connectivity index (χ4n) is 1.77. The lowest BCUT2D eigenvalue weighted by Gasteiger charge is -2.11. The molecule has 3 rings (SSSR count). The molecule has 3 aromatic rings. The summed E-state index contributed by atoms with van der Waals surface area (Å²) >= 11 is 0. The zero-order chi connectivity index (χ0) is 13.9. The monoisotopic (exact) mass is 270 g/mol. The quantitative estimate of drug-likeness (QED) is 0.762. The Morgan fingerprint density at radius 3 is 2.80 bits per heavy atom. The molecule has 7 heteroatoms. The summed E-state index contributed by atoms with van der Waals surface area (Å²) < 4.78 is 15.3. The molecule has 2 heterocycles. The van der Waals surface area contributed by atoms with Gasteiger partial charge in [-0.2, -0.15) is 0 Å². The number of nitrogens with two attached hydrogens (primary N) is 1. The van der Waals surface area contributed by atoms with Crippen LogP contribution in [0.2, 0.25) is 0 Å². The summed E-state index contributed by atoms with van der Waals surface area (Å²) in [6, 6.07) is 6.30. The molecule has 0 unspecified atom stereocenters. The highest BCUT2D eigenvalue weighted by atomic mass is 19.1. The number of imidazole rings is 1. The lowest BCUT2D eigenvalue weighted by molar-refractivity contribution is 0.632. The van der Waals surface area contributed by atoms with E-state index in [1.165, 1.54) is 12.4 Å². The SMILES string of the molecule is Nc1c(Nc2ccccc2F)ncnc1-n1ccnc1. The van der Waals surface area contributed by atoms with Crippen LogP contribution in [0.4, 0.5) is 21.6 Å². The van der Waals surface area contributed by atoms with Crippen molar-refractivity contribution in [2.45, 2.75) is 0 Å². The van der Waals surface area contributed by atoms with Crippen LogP contribution >= 0.6 is 0 Å². The maximum absolute atomic E-state index is 13.6. The molecule has 20 heavy (non-hydrogen) atoms. The largest absolute Gasteiger partial charge is 0.393 e. The molecule has 0 radical (unpaired) electrons. The van der Waals surface area contributed by atoms with E-state index in [0.29, 0.717) is 23.0 Å². The molecule has 0 aliphatic rings. The Kier molecular flexibility index (Phi) is 3.00. The van der Waals surface area contributed by atoms with Crippen molar-refractivity contribution in [3.05, 3.63) is 55.1 Å². The molecule has 6 nitrogen and oxygen atoms in total. The number of para-hydroxylation sites is 1. The van der Waals surface area contributed by atoms with Crippen molar-refractivity contribution in [3.8, 4) is 5.82 Å². The van der Waals surface area contributed by atoms with Gasteiger partial charge in [0.1, 0.15) is 24.2 Å². The third-order valence-corrected chi connectivity index (χ3v) is 2.74. The Balaban J connectivity index is 1.99. The minimum Gasteiger partial charge on any atom is -0.393 e. The number of hydrogen-bond donors (Lipinski definition) is 2. The van der Waals surface area contributed by atoms with Gasteiger partial charge in [-0.3, -0.25) is 4.57 Å². The van der Waals surface area contributed by atoms with Crippen molar-refractivity contribution in [2.24, 2.45) is 0 Å². The van der Waals surface area contributed by atoms with Crippen molar-refractivity contribution in [1.82, 2.24) is 19.5 Å². The number of benzene rings is 1. The minimum absolute atomic E-state index is 0.300. The van der Waals surface area contributed by atoms with Gasteiger partial charge in [0.2, 0.25) is 0 Å². The van der Waals surface area contributed by atoms with Crippen LogP contribution in [-0.2, 0) is 0 Å². The standard InChI is InChI=1S/C13H11FN6/c14-9-3-1-2-4-10(9)19-12-11(15)13(18-7-17-12)20-6-5-16-8-20/h1-8H,15H2,(H,17,18,19). The third kappa shape index (κ3) is 2.16. The average Bonchev–Trinajstić information content (AvgIpc) is 2.97. The number of hydrogen-bond acceptors (Lipinski definition) is 5. The smallest absolute Gasteiger partial charge is 0.166 e. The van der Waals surface area contributed by atoms with Gasteiger partial charge in [-0.25, -0.2) is 19.3 Å². The molecule has 0 atom stereocenters.